The number of benzene rings is 1. The number of carbonyl (C=O) groups is 2. The van der Waals surface area contributed by atoms with E-state index in [1.165, 1.54) is 11.0 Å². The van der Waals surface area contributed by atoms with Gasteiger partial charge in [0.05, 0.1) is 0 Å². The van der Waals surface area contributed by atoms with E-state index in [2.05, 4.69) is 4.98 Å². The molecule has 2 heterocycles. The first-order valence-corrected chi connectivity index (χ1v) is 7.34. The first-order chi connectivity index (χ1) is 11.0. The van der Waals surface area contributed by atoms with Crippen LogP contribution in [0, 0.1) is 6.92 Å². The van der Waals surface area contributed by atoms with Crippen LogP contribution in [-0.4, -0.2) is 27.7 Å². The van der Waals surface area contributed by atoms with Crippen molar-refractivity contribution in [2.75, 3.05) is 0 Å². The number of H-pyrrole nitrogens is 1. The molecular formula is C17H17N3O3. The fraction of sp³-hybridized carbons (Fsp3) is 0.235. The van der Waals surface area contributed by atoms with E-state index < -0.39 is 11.9 Å². The predicted octanol–water partition coefficient (Wildman–Crippen LogP) is 0.736. The molecule has 2 aromatic rings. The first kappa shape index (κ1) is 15.0. The molecule has 118 valence electrons. The van der Waals surface area contributed by atoms with Gasteiger partial charge in [-0.25, -0.2) is 0 Å². The Labute approximate surface area is 132 Å². The predicted molar refractivity (Wildman–Crippen MR) is 84.8 cm³/mol. The third kappa shape index (κ3) is 2.88. The van der Waals surface area contributed by atoms with Crippen LogP contribution in [0.25, 0.3) is 0 Å². The second-order valence-electron chi connectivity index (χ2n) is 5.74. The number of pyridine rings is 1. The summed E-state index contributed by atoms with van der Waals surface area (Å²) in [6.07, 6.45) is 0.388. The van der Waals surface area contributed by atoms with E-state index in [0.29, 0.717) is 18.7 Å². The number of hydrogen-bond acceptors (Lipinski definition) is 3. The fourth-order valence-electron chi connectivity index (χ4n) is 2.96. The van der Waals surface area contributed by atoms with Crippen molar-refractivity contribution in [2.24, 2.45) is 5.73 Å². The number of fused-ring (bicyclic) bond motifs is 1. The molecule has 0 bridgehead atoms. The van der Waals surface area contributed by atoms with Crippen molar-refractivity contribution in [1.82, 2.24) is 9.88 Å². The molecule has 0 saturated carbocycles. The van der Waals surface area contributed by atoms with Crippen molar-refractivity contribution in [2.45, 2.75) is 25.9 Å². The maximum atomic E-state index is 12.8. The normalized spacial score (nSPS) is 16.7. The minimum Gasteiger partial charge on any atom is -0.368 e. The number of nitrogens with one attached hydrogen (secondary N) is 1. The molecule has 1 aromatic heterocycles. The van der Waals surface area contributed by atoms with Crippen LogP contribution < -0.4 is 11.3 Å². The van der Waals surface area contributed by atoms with Gasteiger partial charge in [0.25, 0.3) is 5.91 Å². The largest absolute Gasteiger partial charge is 0.368 e. The number of carbonyl (C=O) groups excluding carboxylic acids is 2. The Morgan fingerprint density at radius 3 is 2.57 bits per heavy atom. The maximum Gasteiger partial charge on any atom is 0.255 e. The number of amides is 2. The Morgan fingerprint density at radius 2 is 1.91 bits per heavy atom. The lowest BCUT2D eigenvalue weighted by molar-refractivity contribution is -0.122. The van der Waals surface area contributed by atoms with Gasteiger partial charge in [0.15, 0.2) is 0 Å². The average molecular weight is 311 g/mol. The number of nitrogens with zero attached hydrogens (tertiary/aromatic N) is 1. The van der Waals surface area contributed by atoms with Crippen molar-refractivity contribution in [3.63, 3.8) is 0 Å². The Hall–Kier alpha value is -2.89. The molecule has 0 spiro atoms. The summed E-state index contributed by atoms with van der Waals surface area (Å²) in [6, 6.07) is 9.78. The molecular weight excluding hydrogens is 294 g/mol. The molecule has 1 aliphatic rings. The number of rotatable bonds is 2. The third-order valence-corrected chi connectivity index (χ3v) is 4.06. The highest BCUT2D eigenvalue weighted by Gasteiger charge is 2.33. The van der Waals surface area contributed by atoms with Crippen LogP contribution in [0.1, 0.15) is 27.2 Å². The molecule has 0 aliphatic carbocycles. The quantitative estimate of drug-likeness (QED) is 0.856. The topological polar surface area (TPSA) is 96.3 Å². The molecule has 3 N–H and O–H groups in total. The maximum absolute atomic E-state index is 12.8. The van der Waals surface area contributed by atoms with Crippen molar-refractivity contribution < 1.29 is 9.59 Å². The van der Waals surface area contributed by atoms with E-state index in [1.54, 1.807) is 13.0 Å². The summed E-state index contributed by atoms with van der Waals surface area (Å²) in [7, 11) is 0. The summed E-state index contributed by atoms with van der Waals surface area (Å²) in [6.45, 7) is 2.00. The van der Waals surface area contributed by atoms with E-state index in [-0.39, 0.29) is 17.0 Å². The van der Waals surface area contributed by atoms with E-state index >= 15 is 0 Å². The van der Waals surface area contributed by atoms with Crippen LogP contribution in [0.4, 0.5) is 0 Å². The second-order valence-corrected chi connectivity index (χ2v) is 5.74. The van der Waals surface area contributed by atoms with Crippen molar-refractivity contribution in [3.05, 3.63) is 69.1 Å². The van der Waals surface area contributed by atoms with Crippen molar-refractivity contribution >= 4 is 11.8 Å². The summed E-state index contributed by atoms with van der Waals surface area (Å²) in [5.74, 6) is -0.910. The van der Waals surface area contributed by atoms with E-state index in [1.807, 2.05) is 24.3 Å². The standard InChI is InChI=1S/C17H17N3O3/c1-10-6-13(8-15(21)19-10)17(23)20-9-12-5-3-2-4-11(12)7-14(20)16(18)22/h2-6,8,14H,7,9H2,1H3,(H2,18,22)(H,19,21)/t14-/m0/s1. The van der Waals surface area contributed by atoms with Gasteiger partial charge in [0.2, 0.25) is 11.5 Å². The van der Waals surface area contributed by atoms with Gasteiger partial charge >= 0.3 is 0 Å². The Kier molecular flexibility index (Phi) is 3.73. The summed E-state index contributed by atoms with van der Waals surface area (Å²) < 4.78 is 0. The zero-order valence-electron chi connectivity index (χ0n) is 12.7. The lowest BCUT2D eigenvalue weighted by atomic mass is 9.93. The molecule has 0 saturated heterocycles. The lowest BCUT2D eigenvalue weighted by Crippen LogP contribution is -2.51. The van der Waals surface area contributed by atoms with E-state index in [4.69, 9.17) is 5.73 Å². The van der Waals surface area contributed by atoms with Gasteiger partial charge < -0.3 is 15.6 Å². The van der Waals surface area contributed by atoms with Crippen LogP contribution in [0.15, 0.2) is 41.2 Å². The van der Waals surface area contributed by atoms with Crippen LogP contribution in [0.5, 0.6) is 0 Å². The minimum atomic E-state index is -0.711. The number of aromatic amines is 1. The van der Waals surface area contributed by atoms with Gasteiger partial charge in [-0.05, 0) is 24.1 Å². The molecule has 23 heavy (non-hydrogen) atoms. The van der Waals surface area contributed by atoms with E-state index in [0.717, 1.165) is 11.1 Å². The molecule has 3 rings (SSSR count). The molecule has 1 atom stereocenters. The number of hydrogen-bond donors (Lipinski definition) is 2. The monoisotopic (exact) mass is 311 g/mol. The Morgan fingerprint density at radius 1 is 1.22 bits per heavy atom. The smallest absolute Gasteiger partial charge is 0.255 e. The highest BCUT2D eigenvalue weighted by Crippen LogP contribution is 2.24. The average Bonchev–Trinajstić information content (AvgIpc) is 2.52. The number of aromatic nitrogens is 1. The lowest BCUT2D eigenvalue weighted by Gasteiger charge is -2.35. The number of nitrogens with two attached hydrogens (primary N) is 1. The number of aryl methyl sites for hydroxylation is 1. The van der Waals surface area contributed by atoms with Gasteiger partial charge in [0, 0.05) is 30.3 Å². The van der Waals surface area contributed by atoms with Gasteiger partial charge in [-0.1, -0.05) is 24.3 Å². The van der Waals surface area contributed by atoms with Gasteiger partial charge in [-0.15, -0.1) is 0 Å². The zero-order valence-corrected chi connectivity index (χ0v) is 12.7. The summed E-state index contributed by atoms with van der Waals surface area (Å²) in [4.78, 5) is 40.2. The van der Waals surface area contributed by atoms with Gasteiger partial charge in [-0.3, -0.25) is 14.4 Å². The zero-order chi connectivity index (χ0) is 16.6. The fourth-order valence-corrected chi connectivity index (χ4v) is 2.96. The highest BCUT2D eigenvalue weighted by molar-refractivity contribution is 5.97. The van der Waals surface area contributed by atoms with Gasteiger partial charge in [0.1, 0.15) is 6.04 Å². The molecule has 0 fully saturated rings. The van der Waals surface area contributed by atoms with Crippen LogP contribution in [0.3, 0.4) is 0 Å². The molecule has 6 nitrogen and oxygen atoms in total. The molecule has 1 aromatic carbocycles. The molecule has 6 heteroatoms. The molecule has 2 amide bonds. The molecule has 0 radical (unpaired) electrons. The SMILES string of the molecule is Cc1cc(C(=O)N2Cc3ccccc3C[C@H]2C(N)=O)cc(=O)[nH]1. The summed E-state index contributed by atoms with van der Waals surface area (Å²) in [5.41, 5.74) is 8.00. The molecule has 0 unspecified atom stereocenters. The Bertz CT molecular complexity index is 841. The summed E-state index contributed by atoms with van der Waals surface area (Å²) >= 11 is 0. The Balaban J connectivity index is 2.00. The van der Waals surface area contributed by atoms with Crippen molar-refractivity contribution in [3.8, 4) is 0 Å². The van der Waals surface area contributed by atoms with Crippen LogP contribution in [0.2, 0.25) is 0 Å². The van der Waals surface area contributed by atoms with Gasteiger partial charge in [-0.2, -0.15) is 0 Å². The van der Waals surface area contributed by atoms with Crippen LogP contribution >= 0.6 is 0 Å². The second kappa shape index (κ2) is 5.72. The molecule has 1 aliphatic heterocycles. The van der Waals surface area contributed by atoms with Crippen LogP contribution in [-0.2, 0) is 17.8 Å². The first-order valence-electron chi connectivity index (χ1n) is 7.34. The highest BCUT2D eigenvalue weighted by atomic mass is 16.2. The summed E-state index contributed by atoms with van der Waals surface area (Å²) in [5, 5.41) is 0. The minimum absolute atomic E-state index is 0.261. The van der Waals surface area contributed by atoms with E-state index in [9.17, 15) is 14.4 Å². The van der Waals surface area contributed by atoms with Crippen molar-refractivity contribution in [1.29, 1.82) is 0 Å². The third-order valence-electron chi connectivity index (χ3n) is 4.06. The number of primary amides is 1.